The average Bonchev–Trinajstić information content (AvgIpc) is 3.18. The Balaban J connectivity index is 1.51. The highest BCUT2D eigenvalue weighted by Gasteiger charge is 2.30. The lowest BCUT2D eigenvalue weighted by Crippen LogP contribution is -2.29. The summed E-state index contributed by atoms with van der Waals surface area (Å²) >= 11 is 0. The molecule has 0 saturated heterocycles. The molecule has 9 heteroatoms. The minimum absolute atomic E-state index is 0.0489. The van der Waals surface area contributed by atoms with E-state index in [1.54, 1.807) is 36.2 Å². The molecule has 1 heterocycles. The van der Waals surface area contributed by atoms with Crippen LogP contribution in [0.25, 0.3) is 0 Å². The second-order valence-corrected chi connectivity index (χ2v) is 6.26. The first-order chi connectivity index (χ1) is 13.8. The Labute approximate surface area is 164 Å². The number of hydrogen-bond acceptors (Lipinski definition) is 5. The van der Waals surface area contributed by atoms with Gasteiger partial charge in [-0.05, 0) is 30.3 Å². The summed E-state index contributed by atoms with van der Waals surface area (Å²) in [5, 5.41) is 3.81. The molecule has 0 radical (unpaired) electrons. The Morgan fingerprint density at radius 1 is 1.14 bits per heavy atom. The number of amides is 1. The van der Waals surface area contributed by atoms with Crippen molar-refractivity contribution in [2.75, 3.05) is 13.6 Å². The van der Waals surface area contributed by atoms with E-state index in [1.807, 2.05) is 6.07 Å². The molecule has 0 bridgehead atoms. The number of carbonyl (C=O) groups is 1. The third kappa shape index (κ3) is 5.56. The maximum Gasteiger partial charge on any atom is 0.416 e. The number of carbonyl (C=O) groups excluding carboxylic acids is 1. The quantitative estimate of drug-likeness (QED) is 0.595. The largest absolute Gasteiger partial charge is 0.484 e. The van der Waals surface area contributed by atoms with Gasteiger partial charge in [0.05, 0.1) is 5.56 Å². The van der Waals surface area contributed by atoms with Gasteiger partial charge in [-0.2, -0.15) is 18.2 Å². The van der Waals surface area contributed by atoms with Gasteiger partial charge in [0.2, 0.25) is 0 Å². The molecule has 0 fully saturated rings. The van der Waals surface area contributed by atoms with E-state index in [1.165, 1.54) is 12.1 Å². The van der Waals surface area contributed by atoms with E-state index in [0.717, 1.165) is 12.1 Å². The number of hydrogen-bond donors (Lipinski definition) is 0. The summed E-state index contributed by atoms with van der Waals surface area (Å²) in [6, 6.07) is 13.4. The van der Waals surface area contributed by atoms with Gasteiger partial charge in [-0.25, -0.2) is 0 Å². The number of alkyl halides is 3. The van der Waals surface area contributed by atoms with Gasteiger partial charge in [-0.1, -0.05) is 29.4 Å². The summed E-state index contributed by atoms with van der Waals surface area (Å²) in [5.41, 5.74) is -0.217. The standard InChI is InChI=1S/C20H18F3N3O3/c1-26(19(27)14-6-3-2-4-7-14)11-10-17-24-18(29-25-17)13-28-16-9-5-8-15(12-16)20(21,22)23/h2-9,12H,10-11,13H2,1H3. The molecule has 1 amide bonds. The Kier molecular flexibility index (Phi) is 6.16. The molecule has 0 unspecified atom stereocenters. The Morgan fingerprint density at radius 2 is 1.90 bits per heavy atom. The summed E-state index contributed by atoms with van der Waals surface area (Å²) < 4.78 is 48.5. The lowest BCUT2D eigenvalue weighted by atomic mass is 10.2. The van der Waals surface area contributed by atoms with Crippen molar-refractivity contribution in [3.05, 3.63) is 77.4 Å². The third-order valence-corrected chi connectivity index (χ3v) is 4.07. The summed E-state index contributed by atoms with van der Waals surface area (Å²) in [5.74, 6) is 0.435. The van der Waals surface area contributed by atoms with Crippen molar-refractivity contribution in [2.45, 2.75) is 19.2 Å². The molecule has 2 aromatic carbocycles. The lowest BCUT2D eigenvalue weighted by molar-refractivity contribution is -0.137. The van der Waals surface area contributed by atoms with Crippen molar-refractivity contribution < 1.29 is 27.2 Å². The van der Waals surface area contributed by atoms with Gasteiger partial charge >= 0.3 is 6.18 Å². The molecule has 152 valence electrons. The lowest BCUT2D eigenvalue weighted by Gasteiger charge is -2.15. The molecule has 0 spiro atoms. The maximum atomic E-state index is 12.7. The van der Waals surface area contributed by atoms with E-state index in [4.69, 9.17) is 9.26 Å². The van der Waals surface area contributed by atoms with Crippen LogP contribution in [-0.4, -0.2) is 34.5 Å². The second kappa shape index (κ2) is 8.76. The van der Waals surface area contributed by atoms with Crippen LogP contribution in [0, 0.1) is 0 Å². The van der Waals surface area contributed by atoms with Crippen molar-refractivity contribution >= 4 is 5.91 Å². The predicted octanol–water partition coefficient (Wildman–Crippen LogP) is 3.98. The Bertz CT molecular complexity index is 958. The Morgan fingerprint density at radius 3 is 2.62 bits per heavy atom. The predicted molar refractivity (Wildman–Crippen MR) is 97.2 cm³/mol. The number of benzene rings is 2. The van der Waals surface area contributed by atoms with E-state index in [-0.39, 0.29) is 24.2 Å². The number of likely N-dealkylation sites (N-methyl/N-ethyl adjacent to an activating group) is 1. The van der Waals surface area contributed by atoms with E-state index in [9.17, 15) is 18.0 Å². The smallest absolute Gasteiger partial charge is 0.416 e. The van der Waals surface area contributed by atoms with E-state index >= 15 is 0 Å². The van der Waals surface area contributed by atoms with Crippen LogP contribution in [0.5, 0.6) is 5.75 Å². The number of halogens is 3. The van der Waals surface area contributed by atoms with Crippen LogP contribution in [0.1, 0.15) is 27.6 Å². The van der Waals surface area contributed by atoms with E-state index in [2.05, 4.69) is 10.1 Å². The van der Waals surface area contributed by atoms with E-state index < -0.39 is 11.7 Å². The van der Waals surface area contributed by atoms with Crippen LogP contribution in [0.2, 0.25) is 0 Å². The zero-order chi connectivity index (χ0) is 20.9. The van der Waals surface area contributed by atoms with Gasteiger partial charge in [0.1, 0.15) is 5.75 Å². The Hall–Kier alpha value is -3.36. The molecule has 1 aromatic heterocycles. The second-order valence-electron chi connectivity index (χ2n) is 6.26. The van der Waals surface area contributed by atoms with Crippen LogP contribution in [0.15, 0.2) is 59.1 Å². The van der Waals surface area contributed by atoms with Crippen LogP contribution in [0.4, 0.5) is 13.2 Å². The van der Waals surface area contributed by atoms with Gasteiger partial charge < -0.3 is 14.2 Å². The number of nitrogens with zero attached hydrogens (tertiary/aromatic N) is 3. The van der Waals surface area contributed by atoms with Gasteiger partial charge in [-0.3, -0.25) is 4.79 Å². The molecule has 6 nitrogen and oxygen atoms in total. The molecule has 0 aliphatic rings. The van der Waals surface area contributed by atoms with Crippen molar-refractivity contribution in [1.82, 2.24) is 15.0 Å². The molecule has 29 heavy (non-hydrogen) atoms. The van der Waals surface area contributed by atoms with E-state index in [0.29, 0.717) is 24.4 Å². The zero-order valence-corrected chi connectivity index (χ0v) is 15.5. The summed E-state index contributed by atoms with van der Waals surface area (Å²) in [7, 11) is 1.67. The normalized spacial score (nSPS) is 11.3. The SMILES string of the molecule is CN(CCc1noc(COc2cccc(C(F)(F)F)c2)n1)C(=O)c1ccccc1. The monoisotopic (exact) mass is 405 g/mol. The fourth-order valence-electron chi connectivity index (χ4n) is 2.53. The highest BCUT2D eigenvalue weighted by Crippen LogP contribution is 2.31. The number of rotatable bonds is 7. The van der Waals surface area contributed by atoms with Crippen LogP contribution in [-0.2, 0) is 19.2 Å². The molecule has 0 saturated carbocycles. The number of aromatic nitrogens is 2. The molecular formula is C20H18F3N3O3. The first kappa shape index (κ1) is 20.4. The van der Waals surface area contributed by atoms with Gasteiger partial charge in [0.15, 0.2) is 12.4 Å². The number of ether oxygens (including phenoxy) is 1. The van der Waals surface area contributed by atoms with Gasteiger partial charge in [0, 0.05) is 25.6 Å². The van der Waals surface area contributed by atoms with Crippen molar-refractivity contribution in [1.29, 1.82) is 0 Å². The van der Waals surface area contributed by atoms with Crippen LogP contribution >= 0.6 is 0 Å². The minimum atomic E-state index is -4.44. The van der Waals surface area contributed by atoms with Gasteiger partial charge in [-0.15, -0.1) is 0 Å². The molecule has 3 rings (SSSR count). The minimum Gasteiger partial charge on any atom is -0.484 e. The molecule has 0 atom stereocenters. The molecular weight excluding hydrogens is 387 g/mol. The molecule has 0 aliphatic carbocycles. The fourth-order valence-corrected chi connectivity index (χ4v) is 2.53. The third-order valence-electron chi connectivity index (χ3n) is 4.07. The fraction of sp³-hybridized carbons (Fsp3) is 0.250. The maximum absolute atomic E-state index is 12.7. The van der Waals surface area contributed by atoms with Crippen LogP contribution < -0.4 is 4.74 Å². The van der Waals surface area contributed by atoms with Crippen molar-refractivity contribution in [3.8, 4) is 5.75 Å². The highest BCUT2D eigenvalue weighted by molar-refractivity contribution is 5.93. The van der Waals surface area contributed by atoms with Crippen LogP contribution in [0.3, 0.4) is 0 Å². The first-order valence-electron chi connectivity index (χ1n) is 8.75. The molecule has 0 aliphatic heterocycles. The molecule has 3 aromatic rings. The van der Waals surface area contributed by atoms with Crippen molar-refractivity contribution in [3.63, 3.8) is 0 Å². The highest BCUT2D eigenvalue weighted by atomic mass is 19.4. The topological polar surface area (TPSA) is 68.5 Å². The van der Waals surface area contributed by atoms with Gasteiger partial charge in [0.25, 0.3) is 11.8 Å². The van der Waals surface area contributed by atoms with Crippen molar-refractivity contribution in [2.24, 2.45) is 0 Å². The first-order valence-corrected chi connectivity index (χ1v) is 8.75. The average molecular weight is 405 g/mol. The summed E-state index contributed by atoms with van der Waals surface area (Å²) in [6.07, 6.45) is -4.08. The molecule has 0 N–H and O–H groups in total. The summed E-state index contributed by atoms with van der Waals surface area (Å²) in [4.78, 5) is 18.0. The zero-order valence-electron chi connectivity index (χ0n) is 15.5. The summed E-state index contributed by atoms with van der Waals surface area (Å²) in [6.45, 7) is 0.217.